The molecule has 0 bridgehead atoms. The van der Waals surface area contributed by atoms with Gasteiger partial charge in [0.2, 0.25) is 0 Å². The maximum absolute atomic E-state index is 6.46. The molecule has 1 fully saturated rings. The number of hydrogen-bond donors (Lipinski definition) is 0. The van der Waals surface area contributed by atoms with Crippen LogP contribution < -0.4 is 0 Å². The molecule has 1 heterocycles. The van der Waals surface area contributed by atoms with Crippen LogP contribution in [-0.4, -0.2) is 17.8 Å². The highest BCUT2D eigenvalue weighted by Gasteiger charge is 2.32. The van der Waals surface area contributed by atoms with Crippen molar-refractivity contribution in [1.29, 1.82) is 0 Å². The van der Waals surface area contributed by atoms with E-state index in [1.54, 1.807) is 0 Å². The van der Waals surface area contributed by atoms with Crippen LogP contribution in [0.4, 0.5) is 0 Å². The van der Waals surface area contributed by atoms with E-state index < -0.39 is 8.53 Å². The van der Waals surface area contributed by atoms with E-state index in [2.05, 4.69) is 79.2 Å². The fourth-order valence-electron chi connectivity index (χ4n) is 3.03. The van der Waals surface area contributed by atoms with Crippen LogP contribution in [0.5, 0.6) is 0 Å². The topological polar surface area (TPSA) is 21.7 Å². The van der Waals surface area contributed by atoms with Gasteiger partial charge in [-0.05, 0) is 24.0 Å². The third kappa shape index (κ3) is 4.23. The van der Waals surface area contributed by atoms with Gasteiger partial charge >= 0.3 is 0 Å². The Balaban J connectivity index is 1.84. The molecule has 2 aromatic carbocycles. The SMILES string of the molecule is CCN(CC)P1O[C@@H](c2ccccc2)CC[C@H](c2ccccc2)O1. The molecule has 1 aliphatic heterocycles. The summed E-state index contributed by atoms with van der Waals surface area (Å²) in [5.41, 5.74) is 2.49. The van der Waals surface area contributed by atoms with Gasteiger partial charge < -0.3 is 9.05 Å². The minimum absolute atomic E-state index is 0.103. The lowest BCUT2D eigenvalue weighted by molar-refractivity contribution is 0.158. The molecule has 3 rings (SSSR count). The van der Waals surface area contributed by atoms with Gasteiger partial charge in [0.15, 0.2) is 0 Å². The van der Waals surface area contributed by atoms with Crippen molar-refractivity contribution in [3.8, 4) is 0 Å². The second-order valence-electron chi connectivity index (χ2n) is 5.96. The molecule has 0 aromatic heterocycles. The summed E-state index contributed by atoms with van der Waals surface area (Å²) in [4.78, 5) is 0. The summed E-state index contributed by atoms with van der Waals surface area (Å²) in [5, 5.41) is 0. The fourth-order valence-corrected chi connectivity index (χ4v) is 4.70. The van der Waals surface area contributed by atoms with E-state index in [4.69, 9.17) is 9.05 Å². The molecule has 0 unspecified atom stereocenters. The van der Waals surface area contributed by atoms with Crippen molar-refractivity contribution in [2.24, 2.45) is 0 Å². The molecule has 4 heteroatoms. The molecule has 128 valence electrons. The molecule has 1 saturated heterocycles. The normalized spacial score (nSPS) is 22.5. The van der Waals surface area contributed by atoms with Crippen LogP contribution in [-0.2, 0) is 9.05 Å². The van der Waals surface area contributed by atoms with Gasteiger partial charge in [0, 0.05) is 13.1 Å². The van der Waals surface area contributed by atoms with Crippen LogP contribution in [0, 0.1) is 0 Å². The van der Waals surface area contributed by atoms with Gasteiger partial charge in [-0.15, -0.1) is 0 Å². The van der Waals surface area contributed by atoms with E-state index in [-0.39, 0.29) is 12.2 Å². The Bertz CT molecular complexity index is 554. The first-order valence-electron chi connectivity index (χ1n) is 8.80. The third-order valence-electron chi connectivity index (χ3n) is 4.43. The van der Waals surface area contributed by atoms with Crippen molar-refractivity contribution < 1.29 is 9.05 Å². The standard InChI is InChI=1S/C20H26NO2P/c1-3-21(4-2)24-22-19(17-11-7-5-8-12-17)15-16-20(23-24)18-13-9-6-10-14-18/h5-14,19-20H,3-4,15-16H2,1-2H3/t19-,20-/m1/s1. The van der Waals surface area contributed by atoms with Crippen molar-refractivity contribution in [1.82, 2.24) is 4.67 Å². The summed E-state index contributed by atoms with van der Waals surface area (Å²) in [6.45, 7) is 6.20. The highest BCUT2D eigenvalue weighted by Crippen LogP contribution is 2.54. The van der Waals surface area contributed by atoms with Crippen molar-refractivity contribution in [2.75, 3.05) is 13.1 Å². The Labute approximate surface area is 146 Å². The van der Waals surface area contributed by atoms with Crippen molar-refractivity contribution in [2.45, 2.75) is 38.9 Å². The van der Waals surface area contributed by atoms with Crippen molar-refractivity contribution in [3.05, 3.63) is 71.8 Å². The van der Waals surface area contributed by atoms with Crippen LogP contribution in [0.2, 0.25) is 0 Å². The lowest BCUT2D eigenvalue weighted by atomic mass is 9.99. The molecular formula is C20H26NO2P. The van der Waals surface area contributed by atoms with Crippen LogP contribution in [0.25, 0.3) is 0 Å². The molecule has 0 amide bonds. The van der Waals surface area contributed by atoms with Gasteiger partial charge in [0.05, 0.1) is 12.2 Å². The quantitative estimate of drug-likeness (QED) is 0.634. The molecule has 3 nitrogen and oxygen atoms in total. The van der Waals surface area contributed by atoms with Crippen LogP contribution in [0.1, 0.15) is 50.0 Å². The molecule has 0 radical (unpaired) electrons. The summed E-state index contributed by atoms with van der Waals surface area (Å²) in [7, 11) is -1.05. The molecule has 2 atom stereocenters. The highest BCUT2D eigenvalue weighted by atomic mass is 31.2. The number of nitrogens with zero attached hydrogens (tertiary/aromatic N) is 1. The smallest absolute Gasteiger partial charge is 0.259 e. The Hall–Kier alpha value is -1.25. The Morgan fingerprint density at radius 1 is 0.792 bits per heavy atom. The van der Waals surface area contributed by atoms with Gasteiger partial charge in [0.25, 0.3) is 8.53 Å². The molecule has 0 saturated carbocycles. The molecule has 0 aliphatic carbocycles. The van der Waals surface area contributed by atoms with Gasteiger partial charge in [-0.1, -0.05) is 74.5 Å². The monoisotopic (exact) mass is 343 g/mol. The molecule has 1 aliphatic rings. The van der Waals surface area contributed by atoms with Crippen LogP contribution in [0.15, 0.2) is 60.7 Å². The second kappa shape index (κ2) is 8.73. The van der Waals surface area contributed by atoms with E-state index in [1.807, 2.05) is 0 Å². The Morgan fingerprint density at radius 2 is 1.21 bits per heavy atom. The minimum Gasteiger partial charge on any atom is -0.314 e. The van der Waals surface area contributed by atoms with Crippen LogP contribution >= 0.6 is 8.53 Å². The number of rotatable bonds is 5. The van der Waals surface area contributed by atoms with Gasteiger partial charge in [0.1, 0.15) is 0 Å². The van der Waals surface area contributed by atoms with Gasteiger partial charge in [-0.3, -0.25) is 0 Å². The zero-order chi connectivity index (χ0) is 16.8. The summed E-state index contributed by atoms with van der Waals surface area (Å²) in [6, 6.07) is 21.1. The number of hydrogen-bond acceptors (Lipinski definition) is 3. The fraction of sp³-hybridized carbons (Fsp3) is 0.400. The maximum Gasteiger partial charge on any atom is 0.259 e. The molecule has 24 heavy (non-hydrogen) atoms. The maximum atomic E-state index is 6.46. The van der Waals surface area contributed by atoms with Crippen molar-refractivity contribution in [3.63, 3.8) is 0 Å². The summed E-state index contributed by atoms with van der Waals surface area (Å²) >= 11 is 0. The summed E-state index contributed by atoms with van der Waals surface area (Å²) < 4.78 is 15.2. The van der Waals surface area contributed by atoms with Gasteiger partial charge in [-0.25, -0.2) is 4.67 Å². The lowest BCUT2D eigenvalue weighted by Gasteiger charge is -2.30. The molecular weight excluding hydrogens is 317 g/mol. The summed E-state index contributed by atoms with van der Waals surface area (Å²) in [5.74, 6) is 0. The first-order chi connectivity index (χ1) is 11.8. The lowest BCUT2D eigenvalue weighted by Crippen LogP contribution is -2.20. The zero-order valence-corrected chi connectivity index (χ0v) is 15.4. The second-order valence-corrected chi connectivity index (χ2v) is 7.43. The summed E-state index contributed by atoms with van der Waals surface area (Å²) in [6.07, 6.45) is 2.16. The van der Waals surface area contributed by atoms with E-state index in [0.29, 0.717) is 0 Å². The zero-order valence-electron chi connectivity index (χ0n) is 14.5. The third-order valence-corrected chi connectivity index (χ3v) is 6.33. The van der Waals surface area contributed by atoms with E-state index in [0.717, 1.165) is 25.9 Å². The van der Waals surface area contributed by atoms with E-state index >= 15 is 0 Å². The Morgan fingerprint density at radius 3 is 1.58 bits per heavy atom. The largest absolute Gasteiger partial charge is 0.314 e. The minimum atomic E-state index is -1.05. The number of benzene rings is 2. The Kier molecular flexibility index (Phi) is 6.39. The molecule has 2 aromatic rings. The average molecular weight is 343 g/mol. The predicted octanol–water partition coefficient (Wildman–Crippen LogP) is 5.86. The molecule has 0 N–H and O–H groups in total. The first-order valence-corrected chi connectivity index (χ1v) is 9.93. The van der Waals surface area contributed by atoms with Gasteiger partial charge in [-0.2, -0.15) is 0 Å². The highest BCUT2D eigenvalue weighted by molar-refractivity contribution is 7.44. The van der Waals surface area contributed by atoms with E-state index in [1.165, 1.54) is 11.1 Å². The van der Waals surface area contributed by atoms with Crippen molar-refractivity contribution >= 4 is 8.53 Å². The first kappa shape index (κ1) is 17.6. The molecule has 0 spiro atoms. The van der Waals surface area contributed by atoms with Crippen LogP contribution in [0.3, 0.4) is 0 Å². The van der Waals surface area contributed by atoms with E-state index in [9.17, 15) is 0 Å². The predicted molar refractivity (Wildman–Crippen MR) is 99.6 cm³/mol. The average Bonchev–Trinajstić information content (AvgIpc) is 2.88.